The highest BCUT2D eigenvalue weighted by Gasteiger charge is 2.15. The van der Waals surface area contributed by atoms with E-state index in [0.29, 0.717) is 27.5 Å². The lowest BCUT2D eigenvalue weighted by molar-refractivity contribution is 0.0922. The lowest BCUT2D eigenvalue weighted by Gasteiger charge is -2.14. The predicted molar refractivity (Wildman–Crippen MR) is 98.4 cm³/mol. The van der Waals surface area contributed by atoms with Crippen molar-refractivity contribution in [2.45, 2.75) is 19.6 Å². The number of nitrogens with one attached hydrogen (secondary N) is 1. The standard InChI is InChI=1S/C18H17ClFN5O2/c1-11(9-26)24-18(27)13-4-12(16-3-2-14(19)8-21-16)5-15(6-13)25-17(7-20)22-10-23-25/h2-6,8,10-11,26H,7,9H2,1H3,(H,24,27). The van der Waals surface area contributed by atoms with Gasteiger partial charge in [0.2, 0.25) is 0 Å². The number of rotatable bonds is 6. The fourth-order valence-corrected chi connectivity index (χ4v) is 2.60. The van der Waals surface area contributed by atoms with E-state index in [0.717, 1.165) is 0 Å². The third kappa shape index (κ3) is 4.29. The van der Waals surface area contributed by atoms with Crippen LogP contribution in [0.2, 0.25) is 5.02 Å². The molecular weight excluding hydrogens is 373 g/mol. The third-order valence-corrected chi connectivity index (χ3v) is 4.06. The van der Waals surface area contributed by atoms with Gasteiger partial charge in [-0.3, -0.25) is 9.78 Å². The monoisotopic (exact) mass is 389 g/mol. The molecule has 0 radical (unpaired) electrons. The summed E-state index contributed by atoms with van der Waals surface area (Å²) in [5.41, 5.74) is 2.01. The highest BCUT2D eigenvalue weighted by atomic mass is 35.5. The van der Waals surface area contributed by atoms with Crippen LogP contribution in [0.15, 0.2) is 42.9 Å². The first-order valence-electron chi connectivity index (χ1n) is 8.15. The lowest BCUT2D eigenvalue weighted by Crippen LogP contribution is -2.35. The number of aromatic nitrogens is 4. The van der Waals surface area contributed by atoms with E-state index < -0.39 is 12.7 Å². The van der Waals surface area contributed by atoms with Crippen LogP contribution in [0.25, 0.3) is 16.9 Å². The largest absolute Gasteiger partial charge is 0.394 e. The zero-order chi connectivity index (χ0) is 19.4. The summed E-state index contributed by atoms with van der Waals surface area (Å²) in [5.74, 6) is -0.262. The van der Waals surface area contributed by atoms with Crippen LogP contribution in [0.3, 0.4) is 0 Å². The first-order chi connectivity index (χ1) is 13.0. The fourth-order valence-electron chi connectivity index (χ4n) is 2.48. The molecule has 0 saturated carbocycles. The minimum Gasteiger partial charge on any atom is -0.394 e. The van der Waals surface area contributed by atoms with Gasteiger partial charge in [0.05, 0.1) is 23.0 Å². The molecule has 3 aromatic rings. The summed E-state index contributed by atoms with van der Waals surface area (Å²) in [6, 6.07) is 7.96. The lowest BCUT2D eigenvalue weighted by atomic mass is 10.0. The van der Waals surface area contributed by atoms with Gasteiger partial charge in [0.15, 0.2) is 5.82 Å². The smallest absolute Gasteiger partial charge is 0.251 e. The van der Waals surface area contributed by atoms with Gasteiger partial charge in [0, 0.05) is 23.4 Å². The van der Waals surface area contributed by atoms with Crippen LogP contribution in [0, 0.1) is 0 Å². The van der Waals surface area contributed by atoms with Crippen LogP contribution in [0.4, 0.5) is 4.39 Å². The van der Waals surface area contributed by atoms with Crippen molar-refractivity contribution in [2.75, 3.05) is 6.61 Å². The van der Waals surface area contributed by atoms with Gasteiger partial charge < -0.3 is 10.4 Å². The van der Waals surface area contributed by atoms with Crippen LogP contribution in [0.5, 0.6) is 0 Å². The van der Waals surface area contributed by atoms with E-state index in [1.807, 2.05) is 0 Å². The Morgan fingerprint density at radius 2 is 2.15 bits per heavy atom. The quantitative estimate of drug-likeness (QED) is 0.675. The highest BCUT2D eigenvalue weighted by molar-refractivity contribution is 6.30. The molecule has 27 heavy (non-hydrogen) atoms. The van der Waals surface area contributed by atoms with Gasteiger partial charge in [-0.25, -0.2) is 14.1 Å². The Kier molecular flexibility index (Phi) is 5.78. The van der Waals surface area contributed by atoms with Crippen LogP contribution >= 0.6 is 11.6 Å². The molecule has 140 valence electrons. The average molecular weight is 390 g/mol. The van der Waals surface area contributed by atoms with E-state index >= 15 is 0 Å². The number of aliphatic hydroxyl groups excluding tert-OH is 1. The van der Waals surface area contributed by atoms with Gasteiger partial charge in [0.1, 0.15) is 13.0 Å². The number of carbonyl (C=O) groups excluding carboxylic acids is 1. The van der Waals surface area contributed by atoms with E-state index in [1.165, 1.54) is 17.2 Å². The molecular formula is C18H17ClFN5O2. The number of carbonyl (C=O) groups is 1. The molecule has 1 unspecified atom stereocenters. The zero-order valence-electron chi connectivity index (χ0n) is 14.4. The summed E-state index contributed by atoms with van der Waals surface area (Å²) >= 11 is 5.89. The Bertz CT molecular complexity index is 945. The van der Waals surface area contributed by atoms with Crippen molar-refractivity contribution in [2.24, 2.45) is 0 Å². The summed E-state index contributed by atoms with van der Waals surface area (Å²) < 4.78 is 14.5. The molecule has 1 atom stereocenters. The maximum atomic E-state index is 13.2. The summed E-state index contributed by atoms with van der Waals surface area (Å²) in [6.45, 7) is 0.695. The normalized spacial score (nSPS) is 12.0. The van der Waals surface area contributed by atoms with Crippen LogP contribution in [0.1, 0.15) is 23.1 Å². The molecule has 9 heteroatoms. The number of benzene rings is 1. The summed E-state index contributed by atoms with van der Waals surface area (Å²) in [5, 5.41) is 16.4. The molecule has 0 saturated heterocycles. The minimum atomic E-state index is -0.799. The van der Waals surface area contributed by atoms with Gasteiger partial charge in [-0.15, -0.1) is 0 Å². The van der Waals surface area contributed by atoms with Crippen LogP contribution in [-0.2, 0) is 6.67 Å². The van der Waals surface area contributed by atoms with Gasteiger partial charge >= 0.3 is 0 Å². The van der Waals surface area contributed by atoms with Crippen molar-refractivity contribution >= 4 is 17.5 Å². The van der Waals surface area contributed by atoms with Crippen molar-refractivity contribution < 1.29 is 14.3 Å². The van der Waals surface area contributed by atoms with Crippen LogP contribution in [-0.4, -0.2) is 43.4 Å². The molecule has 1 aromatic carbocycles. The van der Waals surface area contributed by atoms with Crippen molar-refractivity contribution in [1.29, 1.82) is 0 Å². The summed E-state index contributed by atoms with van der Waals surface area (Å²) in [4.78, 5) is 20.7. The maximum absolute atomic E-state index is 13.2. The molecule has 1 amide bonds. The Labute approximate surface area is 159 Å². The van der Waals surface area contributed by atoms with Gasteiger partial charge in [-0.05, 0) is 37.3 Å². The molecule has 2 N–H and O–H groups in total. The molecule has 0 bridgehead atoms. The van der Waals surface area contributed by atoms with E-state index in [4.69, 9.17) is 16.7 Å². The van der Waals surface area contributed by atoms with E-state index in [2.05, 4.69) is 20.4 Å². The Balaban J connectivity index is 2.10. The summed E-state index contributed by atoms with van der Waals surface area (Å²) in [7, 11) is 0. The second-order valence-electron chi connectivity index (χ2n) is 5.91. The SMILES string of the molecule is CC(CO)NC(=O)c1cc(-c2ccc(Cl)cn2)cc(-n2ncnc2CF)c1. The number of hydrogen-bond donors (Lipinski definition) is 2. The average Bonchev–Trinajstić information content (AvgIpc) is 3.17. The van der Waals surface area contributed by atoms with E-state index in [-0.39, 0.29) is 18.3 Å². The number of amides is 1. The molecule has 7 nitrogen and oxygen atoms in total. The highest BCUT2D eigenvalue weighted by Crippen LogP contribution is 2.24. The number of hydrogen-bond acceptors (Lipinski definition) is 5. The predicted octanol–water partition coefficient (Wildman–Crippen LogP) is 2.56. The Morgan fingerprint density at radius 3 is 2.81 bits per heavy atom. The Hall–Kier alpha value is -2.84. The molecule has 0 aliphatic carbocycles. The first-order valence-corrected chi connectivity index (χ1v) is 8.53. The molecule has 3 rings (SSSR count). The van der Waals surface area contributed by atoms with Gasteiger partial charge in [-0.2, -0.15) is 5.10 Å². The second kappa shape index (κ2) is 8.24. The number of nitrogens with zero attached hydrogens (tertiary/aromatic N) is 4. The van der Waals surface area contributed by atoms with Crippen molar-refractivity contribution in [3.8, 4) is 16.9 Å². The molecule has 0 aliphatic rings. The number of pyridine rings is 1. The fraction of sp³-hybridized carbons (Fsp3) is 0.222. The number of halogens is 2. The molecule has 0 spiro atoms. The third-order valence-electron chi connectivity index (χ3n) is 3.84. The van der Waals surface area contributed by atoms with Crippen molar-refractivity contribution in [3.63, 3.8) is 0 Å². The molecule has 2 heterocycles. The summed E-state index contributed by atoms with van der Waals surface area (Å²) in [6.07, 6.45) is 2.75. The molecule has 0 aliphatic heterocycles. The minimum absolute atomic E-state index is 0.117. The zero-order valence-corrected chi connectivity index (χ0v) is 15.2. The van der Waals surface area contributed by atoms with Crippen molar-refractivity contribution in [1.82, 2.24) is 25.1 Å². The first kappa shape index (κ1) is 18.9. The van der Waals surface area contributed by atoms with E-state index in [1.54, 1.807) is 37.3 Å². The number of alkyl halides is 1. The van der Waals surface area contributed by atoms with Crippen molar-refractivity contribution in [3.05, 3.63) is 59.3 Å². The van der Waals surface area contributed by atoms with E-state index in [9.17, 15) is 9.18 Å². The Morgan fingerprint density at radius 1 is 1.33 bits per heavy atom. The maximum Gasteiger partial charge on any atom is 0.251 e. The van der Waals surface area contributed by atoms with Gasteiger partial charge in [-0.1, -0.05) is 11.6 Å². The van der Waals surface area contributed by atoms with Crippen LogP contribution < -0.4 is 5.32 Å². The van der Waals surface area contributed by atoms with Gasteiger partial charge in [0.25, 0.3) is 5.91 Å². The molecule has 0 fully saturated rings. The topological polar surface area (TPSA) is 92.9 Å². The number of aliphatic hydroxyl groups is 1. The molecule has 2 aromatic heterocycles. The second-order valence-corrected chi connectivity index (χ2v) is 6.35.